The largest absolute Gasteiger partial charge is 0.342 e. The Bertz CT molecular complexity index is 415. The molecule has 0 saturated heterocycles. The van der Waals surface area contributed by atoms with Gasteiger partial charge in [0.15, 0.2) is 0 Å². The summed E-state index contributed by atoms with van der Waals surface area (Å²) in [6.45, 7) is 6.88. The summed E-state index contributed by atoms with van der Waals surface area (Å²) in [5, 5.41) is -0.287. The van der Waals surface area contributed by atoms with Gasteiger partial charge in [0, 0.05) is 13.1 Å². The van der Waals surface area contributed by atoms with E-state index in [-0.39, 0.29) is 16.9 Å². The maximum absolute atomic E-state index is 12.5. The molecule has 19 heavy (non-hydrogen) atoms. The number of Topliss-reactive ketones (excluding diaryl/α,β-unsaturated/α-hetero) is 1. The second-order valence-corrected chi connectivity index (χ2v) is 5.41. The summed E-state index contributed by atoms with van der Waals surface area (Å²) in [6.07, 6.45) is 0. The first-order valence-corrected chi connectivity index (χ1v) is 7.59. The van der Waals surface area contributed by atoms with E-state index in [1.165, 1.54) is 11.8 Å². The molecule has 4 heteroatoms. The minimum atomic E-state index is -0.287. The van der Waals surface area contributed by atoms with Crippen LogP contribution in [0.2, 0.25) is 0 Å². The Hall–Kier alpha value is -1.29. The third kappa shape index (κ3) is 4.71. The third-order valence-corrected chi connectivity index (χ3v) is 4.24. The molecule has 0 aliphatic carbocycles. The van der Waals surface area contributed by atoms with E-state index in [1.54, 1.807) is 6.92 Å². The Morgan fingerprint density at radius 1 is 1.16 bits per heavy atom. The molecule has 1 amide bonds. The summed E-state index contributed by atoms with van der Waals surface area (Å²) in [7, 11) is 0. The fourth-order valence-electron chi connectivity index (χ4n) is 1.84. The average Bonchev–Trinajstić information content (AvgIpc) is 2.41. The van der Waals surface area contributed by atoms with Crippen LogP contribution in [0.3, 0.4) is 0 Å². The van der Waals surface area contributed by atoms with Crippen LogP contribution in [0.15, 0.2) is 30.3 Å². The molecule has 0 radical (unpaired) electrons. The van der Waals surface area contributed by atoms with Crippen LogP contribution in [0.1, 0.15) is 31.6 Å². The summed E-state index contributed by atoms with van der Waals surface area (Å²) >= 11 is 1.41. The number of rotatable bonds is 7. The fourth-order valence-corrected chi connectivity index (χ4v) is 2.88. The number of carbonyl (C=O) groups excluding carboxylic acids is 2. The monoisotopic (exact) mass is 279 g/mol. The second-order valence-electron chi connectivity index (χ2n) is 4.31. The van der Waals surface area contributed by atoms with Gasteiger partial charge in [0.1, 0.15) is 11.0 Å². The molecule has 1 atom stereocenters. The van der Waals surface area contributed by atoms with Crippen molar-refractivity contribution in [1.82, 2.24) is 4.90 Å². The highest BCUT2D eigenvalue weighted by Crippen LogP contribution is 2.30. The normalized spacial score (nSPS) is 11.9. The minimum Gasteiger partial charge on any atom is -0.342 e. The van der Waals surface area contributed by atoms with Crippen LogP contribution in [0.5, 0.6) is 0 Å². The standard InChI is InChI=1S/C15H21NO2S/c1-4-16(5-2)15(18)14(19-11-12(3)17)13-9-7-6-8-10-13/h6-10,14H,4-5,11H2,1-3H3/t14-/m1/s1. The maximum atomic E-state index is 12.5. The van der Waals surface area contributed by atoms with Crippen LogP contribution < -0.4 is 0 Å². The Kier molecular flexibility index (Phi) is 6.64. The van der Waals surface area contributed by atoms with Crippen molar-refractivity contribution in [2.75, 3.05) is 18.8 Å². The molecule has 0 unspecified atom stereocenters. The highest BCUT2D eigenvalue weighted by molar-refractivity contribution is 8.00. The highest BCUT2D eigenvalue weighted by Gasteiger charge is 2.25. The number of hydrogen-bond acceptors (Lipinski definition) is 3. The summed E-state index contributed by atoms with van der Waals surface area (Å²) in [4.78, 5) is 25.5. The third-order valence-electron chi connectivity index (χ3n) is 2.85. The number of hydrogen-bond donors (Lipinski definition) is 0. The topological polar surface area (TPSA) is 37.4 Å². The number of ketones is 1. The van der Waals surface area contributed by atoms with Crippen molar-refractivity contribution in [1.29, 1.82) is 0 Å². The van der Waals surface area contributed by atoms with Crippen molar-refractivity contribution in [3.63, 3.8) is 0 Å². The summed E-state index contributed by atoms with van der Waals surface area (Å²) in [6, 6.07) is 9.66. The Labute approximate surface area is 119 Å². The van der Waals surface area contributed by atoms with E-state index in [0.29, 0.717) is 18.8 Å². The number of likely N-dealkylation sites (N-methyl/N-ethyl adjacent to an activating group) is 1. The van der Waals surface area contributed by atoms with Gasteiger partial charge < -0.3 is 4.90 Å². The van der Waals surface area contributed by atoms with Crippen LogP contribution in [0, 0.1) is 0 Å². The van der Waals surface area contributed by atoms with Crippen molar-refractivity contribution in [3.05, 3.63) is 35.9 Å². The SMILES string of the molecule is CCN(CC)C(=O)[C@H](SCC(C)=O)c1ccccc1. The van der Waals surface area contributed by atoms with E-state index >= 15 is 0 Å². The van der Waals surface area contributed by atoms with Crippen molar-refractivity contribution in [3.8, 4) is 0 Å². The second kappa shape index (κ2) is 8.00. The Balaban J connectivity index is 2.92. The lowest BCUT2D eigenvalue weighted by Crippen LogP contribution is -2.34. The Morgan fingerprint density at radius 3 is 2.21 bits per heavy atom. The minimum absolute atomic E-state index is 0.0856. The summed E-state index contributed by atoms with van der Waals surface area (Å²) in [5.41, 5.74) is 0.964. The molecule has 1 rings (SSSR count). The summed E-state index contributed by atoms with van der Waals surface area (Å²) in [5.74, 6) is 0.549. The quantitative estimate of drug-likeness (QED) is 0.770. The molecule has 0 aromatic heterocycles. The number of thioether (sulfide) groups is 1. The number of carbonyl (C=O) groups is 2. The number of nitrogens with zero attached hydrogens (tertiary/aromatic N) is 1. The molecule has 1 aromatic carbocycles. The van der Waals surface area contributed by atoms with Gasteiger partial charge in [-0.15, -0.1) is 11.8 Å². The maximum Gasteiger partial charge on any atom is 0.240 e. The summed E-state index contributed by atoms with van der Waals surface area (Å²) < 4.78 is 0. The molecule has 0 bridgehead atoms. The molecular formula is C15H21NO2S. The zero-order chi connectivity index (χ0) is 14.3. The van der Waals surface area contributed by atoms with Gasteiger partial charge in [0.25, 0.3) is 0 Å². The lowest BCUT2D eigenvalue weighted by Gasteiger charge is -2.25. The van der Waals surface area contributed by atoms with Gasteiger partial charge in [-0.25, -0.2) is 0 Å². The number of benzene rings is 1. The zero-order valence-electron chi connectivity index (χ0n) is 11.8. The van der Waals surface area contributed by atoms with Gasteiger partial charge in [-0.2, -0.15) is 0 Å². The molecule has 3 nitrogen and oxygen atoms in total. The van der Waals surface area contributed by atoms with Crippen LogP contribution >= 0.6 is 11.8 Å². The van der Waals surface area contributed by atoms with Gasteiger partial charge in [0.2, 0.25) is 5.91 Å². The van der Waals surface area contributed by atoms with E-state index in [2.05, 4.69) is 0 Å². The van der Waals surface area contributed by atoms with Gasteiger partial charge >= 0.3 is 0 Å². The molecule has 0 aliphatic heterocycles. The van der Waals surface area contributed by atoms with Crippen LogP contribution in [0.4, 0.5) is 0 Å². The molecule has 0 N–H and O–H groups in total. The average molecular weight is 279 g/mol. The predicted molar refractivity (Wildman–Crippen MR) is 80.3 cm³/mol. The van der Waals surface area contributed by atoms with Crippen LogP contribution in [-0.2, 0) is 9.59 Å². The first kappa shape index (κ1) is 15.8. The van der Waals surface area contributed by atoms with E-state index < -0.39 is 0 Å². The van der Waals surface area contributed by atoms with E-state index in [1.807, 2.05) is 49.1 Å². The van der Waals surface area contributed by atoms with Crippen LogP contribution in [0.25, 0.3) is 0 Å². The molecule has 0 spiro atoms. The smallest absolute Gasteiger partial charge is 0.240 e. The van der Waals surface area contributed by atoms with Crippen molar-refractivity contribution in [2.24, 2.45) is 0 Å². The molecule has 0 heterocycles. The van der Waals surface area contributed by atoms with Crippen LogP contribution in [-0.4, -0.2) is 35.4 Å². The van der Waals surface area contributed by atoms with E-state index in [4.69, 9.17) is 0 Å². The van der Waals surface area contributed by atoms with Gasteiger partial charge in [-0.3, -0.25) is 9.59 Å². The first-order chi connectivity index (χ1) is 9.10. The zero-order valence-corrected chi connectivity index (χ0v) is 12.6. The lowest BCUT2D eigenvalue weighted by molar-refractivity contribution is -0.130. The van der Waals surface area contributed by atoms with Gasteiger partial charge in [0.05, 0.1) is 5.75 Å². The molecule has 0 saturated carbocycles. The Morgan fingerprint density at radius 2 is 1.74 bits per heavy atom. The van der Waals surface area contributed by atoms with E-state index in [0.717, 1.165) is 5.56 Å². The molecular weight excluding hydrogens is 258 g/mol. The molecule has 1 aromatic rings. The van der Waals surface area contributed by atoms with Gasteiger partial charge in [-0.05, 0) is 26.3 Å². The first-order valence-electron chi connectivity index (χ1n) is 6.54. The van der Waals surface area contributed by atoms with Gasteiger partial charge in [-0.1, -0.05) is 30.3 Å². The molecule has 104 valence electrons. The fraction of sp³-hybridized carbons (Fsp3) is 0.467. The van der Waals surface area contributed by atoms with Crippen molar-refractivity contribution in [2.45, 2.75) is 26.0 Å². The van der Waals surface area contributed by atoms with Crippen molar-refractivity contribution < 1.29 is 9.59 Å². The van der Waals surface area contributed by atoms with E-state index in [9.17, 15) is 9.59 Å². The number of amides is 1. The molecule has 0 aliphatic rings. The predicted octanol–water partition coefficient (Wildman–Crippen LogP) is 2.92. The van der Waals surface area contributed by atoms with Crippen molar-refractivity contribution >= 4 is 23.5 Å². The highest BCUT2D eigenvalue weighted by atomic mass is 32.2. The lowest BCUT2D eigenvalue weighted by atomic mass is 10.1. The molecule has 0 fully saturated rings.